The number of nitrogens with zero attached hydrogens (tertiary/aromatic N) is 3. The van der Waals surface area contributed by atoms with Gasteiger partial charge in [0.05, 0.1) is 0 Å². The highest BCUT2D eigenvalue weighted by molar-refractivity contribution is 9.10. The van der Waals surface area contributed by atoms with Crippen LogP contribution in [0.5, 0.6) is 0 Å². The highest BCUT2D eigenvalue weighted by Gasteiger charge is 2.52. The molecule has 0 bridgehead atoms. The first-order valence-electron chi connectivity index (χ1n) is 8.74. The minimum atomic E-state index is -1.99. The van der Waals surface area contributed by atoms with Crippen molar-refractivity contribution >= 4 is 27.7 Å². The van der Waals surface area contributed by atoms with Crippen molar-refractivity contribution in [2.75, 3.05) is 0 Å². The molecule has 0 radical (unpaired) electrons. The van der Waals surface area contributed by atoms with E-state index in [-0.39, 0.29) is 42.9 Å². The van der Waals surface area contributed by atoms with E-state index in [0.717, 1.165) is 0 Å². The summed E-state index contributed by atoms with van der Waals surface area (Å²) in [4.78, 5) is 39.5. The number of nitro groups is 1. The second kappa shape index (κ2) is 9.50. The van der Waals surface area contributed by atoms with Crippen LogP contribution in [0.3, 0.4) is 0 Å². The van der Waals surface area contributed by atoms with E-state index in [0.29, 0.717) is 0 Å². The van der Waals surface area contributed by atoms with Gasteiger partial charge in [0.2, 0.25) is 5.91 Å². The Balaban J connectivity index is 5.45. The van der Waals surface area contributed by atoms with Crippen LogP contribution in [0, 0.1) is 10.1 Å². The van der Waals surface area contributed by atoms with Gasteiger partial charge in [-0.05, 0) is 55.4 Å². The molecule has 0 saturated heterocycles. The lowest BCUT2D eigenvalue weighted by Gasteiger charge is -2.35. The molecule has 7 nitrogen and oxygen atoms in total. The molecule has 25 heavy (non-hydrogen) atoms. The van der Waals surface area contributed by atoms with Gasteiger partial charge < -0.3 is 9.80 Å². The number of halogens is 1. The zero-order valence-electron chi connectivity index (χ0n) is 16.6. The van der Waals surface area contributed by atoms with Gasteiger partial charge >= 0.3 is 10.4 Å². The maximum atomic E-state index is 12.9. The van der Waals surface area contributed by atoms with Crippen LogP contribution in [0.15, 0.2) is 0 Å². The molecule has 0 saturated carbocycles. The molecule has 0 N–H and O–H groups in total. The molecule has 0 aromatic heterocycles. The molecule has 146 valence electrons. The fourth-order valence-electron chi connectivity index (χ4n) is 3.11. The Labute approximate surface area is 159 Å². The quantitative estimate of drug-likeness (QED) is 0.247. The van der Waals surface area contributed by atoms with E-state index in [1.54, 1.807) is 4.90 Å². The molecule has 0 spiro atoms. The molecule has 0 aromatic carbocycles. The van der Waals surface area contributed by atoms with Crippen LogP contribution >= 0.6 is 15.9 Å². The number of rotatable bonds is 9. The molecular weight excluding hydrogens is 390 g/mol. The Morgan fingerprint density at radius 1 is 0.920 bits per heavy atom. The Hall–Kier alpha value is -1.18. The molecule has 0 fully saturated rings. The van der Waals surface area contributed by atoms with Gasteiger partial charge in [0.15, 0.2) is 0 Å². The van der Waals surface area contributed by atoms with Gasteiger partial charge in [0.1, 0.15) is 0 Å². The van der Waals surface area contributed by atoms with E-state index in [1.165, 1.54) is 4.90 Å². The van der Waals surface area contributed by atoms with Crippen LogP contribution < -0.4 is 0 Å². The summed E-state index contributed by atoms with van der Waals surface area (Å²) in [6.07, 6.45) is -0.262. The summed E-state index contributed by atoms with van der Waals surface area (Å²) in [5.74, 6) is -0.805. The van der Waals surface area contributed by atoms with Gasteiger partial charge in [0, 0.05) is 57.9 Å². The summed E-state index contributed by atoms with van der Waals surface area (Å²) in [6.45, 7) is 14.9. The zero-order valence-corrected chi connectivity index (χ0v) is 18.2. The molecular formula is C17H32BrN3O4. The number of amides is 2. The van der Waals surface area contributed by atoms with Crippen LogP contribution in [0.4, 0.5) is 0 Å². The van der Waals surface area contributed by atoms with Crippen LogP contribution in [0.1, 0.15) is 68.2 Å². The third kappa shape index (κ3) is 5.94. The van der Waals surface area contributed by atoms with E-state index < -0.39 is 15.3 Å². The maximum Gasteiger partial charge on any atom is 0.351 e. The van der Waals surface area contributed by atoms with Gasteiger partial charge in [-0.25, -0.2) is 0 Å². The first-order chi connectivity index (χ1) is 11.3. The Morgan fingerprint density at radius 3 is 1.56 bits per heavy atom. The fourth-order valence-corrected chi connectivity index (χ4v) is 3.52. The van der Waals surface area contributed by atoms with E-state index in [2.05, 4.69) is 15.9 Å². The summed E-state index contributed by atoms with van der Waals surface area (Å²) >= 11 is 3.04. The van der Waals surface area contributed by atoms with Gasteiger partial charge in [-0.3, -0.25) is 19.7 Å². The van der Waals surface area contributed by atoms with Crippen LogP contribution in [0.25, 0.3) is 0 Å². The standard InChI is InChI=1S/C17H32BrN3O4/c1-11(2)19(12(3)4)15(22)9-10-17(18,21(24)25)16(23)20(13(5)6)14(7)8/h11-14H,9-10H2,1-8H3. The normalized spacial score (nSPS) is 14.1. The van der Waals surface area contributed by atoms with Crippen molar-refractivity contribution < 1.29 is 14.5 Å². The third-order valence-corrected chi connectivity index (χ3v) is 5.06. The van der Waals surface area contributed by atoms with E-state index in [1.807, 2.05) is 55.4 Å². The first kappa shape index (κ1) is 23.8. The first-order valence-corrected chi connectivity index (χ1v) is 9.53. The molecule has 2 amide bonds. The van der Waals surface area contributed by atoms with Gasteiger partial charge in [0.25, 0.3) is 0 Å². The van der Waals surface area contributed by atoms with Crippen molar-refractivity contribution in [2.45, 2.75) is 96.8 Å². The molecule has 1 atom stereocenters. The SMILES string of the molecule is CC(C)N(C(=O)CCC(Br)(C(=O)N(C(C)C)C(C)C)[N+](=O)[O-])C(C)C. The number of carbonyl (C=O) groups is 2. The summed E-state index contributed by atoms with van der Waals surface area (Å²) in [5, 5.41) is 11.6. The lowest BCUT2D eigenvalue weighted by molar-refractivity contribution is -0.522. The summed E-state index contributed by atoms with van der Waals surface area (Å²) in [7, 11) is 0. The second-order valence-electron chi connectivity index (χ2n) is 7.40. The average Bonchev–Trinajstić information content (AvgIpc) is 2.42. The predicted octanol–water partition coefficient (Wildman–Crippen LogP) is 3.43. The highest BCUT2D eigenvalue weighted by Crippen LogP contribution is 2.30. The Kier molecular flexibility index (Phi) is 9.05. The van der Waals surface area contributed by atoms with Crippen LogP contribution in [-0.2, 0) is 9.59 Å². The smallest absolute Gasteiger partial charge is 0.338 e. The van der Waals surface area contributed by atoms with Crippen LogP contribution in [0.2, 0.25) is 0 Å². The van der Waals surface area contributed by atoms with Gasteiger partial charge in [-0.1, -0.05) is 0 Å². The average molecular weight is 422 g/mol. The lowest BCUT2D eigenvalue weighted by Crippen LogP contribution is -2.55. The predicted molar refractivity (Wildman–Crippen MR) is 102 cm³/mol. The molecule has 0 aliphatic rings. The minimum absolute atomic E-state index is 0.00800. The van der Waals surface area contributed by atoms with Crippen molar-refractivity contribution in [3.8, 4) is 0 Å². The Bertz CT molecular complexity index is 478. The maximum absolute atomic E-state index is 12.9. The van der Waals surface area contributed by atoms with E-state index >= 15 is 0 Å². The third-order valence-electron chi connectivity index (χ3n) is 4.04. The number of hydrogen-bond donors (Lipinski definition) is 0. The highest BCUT2D eigenvalue weighted by atomic mass is 79.9. The molecule has 0 aliphatic carbocycles. The Morgan fingerprint density at radius 2 is 1.28 bits per heavy atom. The van der Waals surface area contributed by atoms with Crippen LogP contribution in [-0.4, -0.2) is 55.2 Å². The van der Waals surface area contributed by atoms with Gasteiger partial charge in [-0.15, -0.1) is 0 Å². The van der Waals surface area contributed by atoms with Crippen molar-refractivity contribution in [2.24, 2.45) is 0 Å². The molecule has 8 heteroatoms. The molecule has 0 aromatic rings. The largest absolute Gasteiger partial charge is 0.351 e. The second-order valence-corrected chi connectivity index (χ2v) is 8.72. The number of hydrogen-bond acceptors (Lipinski definition) is 4. The number of carbonyl (C=O) groups excluding carboxylic acids is 2. The zero-order chi connectivity index (χ0) is 20.1. The molecule has 0 aliphatic heterocycles. The summed E-state index contributed by atoms with van der Waals surface area (Å²) in [5.41, 5.74) is 0. The summed E-state index contributed by atoms with van der Waals surface area (Å²) < 4.78 is -1.99. The molecule has 0 heterocycles. The monoisotopic (exact) mass is 421 g/mol. The molecule has 0 rings (SSSR count). The van der Waals surface area contributed by atoms with Crippen molar-refractivity contribution in [3.63, 3.8) is 0 Å². The summed E-state index contributed by atoms with van der Waals surface area (Å²) in [6, 6.07) is -0.372. The van der Waals surface area contributed by atoms with Crippen molar-refractivity contribution in [3.05, 3.63) is 10.1 Å². The van der Waals surface area contributed by atoms with E-state index in [4.69, 9.17) is 0 Å². The fraction of sp³-hybridized carbons (Fsp3) is 0.882. The topological polar surface area (TPSA) is 83.8 Å². The lowest BCUT2D eigenvalue weighted by atomic mass is 10.1. The minimum Gasteiger partial charge on any atom is -0.338 e. The molecule has 1 unspecified atom stereocenters. The number of alkyl halides is 1. The van der Waals surface area contributed by atoms with Gasteiger partial charge in [-0.2, -0.15) is 0 Å². The van der Waals surface area contributed by atoms with Crippen molar-refractivity contribution in [1.82, 2.24) is 9.80 Å². The van der Waals surface area contributed by atoms with E-state index in [9.17, 15) is 19.7 Å². The van der Waals surface area contributed by atoms with Crippen molar-refractivity contribution in [1.29, 1.82) is 0 Å².